The SMILES string of the molecule is COc1cc2c(c3oc(=O)c4c(c13)CCOC4=O)[C@H]1CCO[C@H]1O2. The van der Waals surface area contributed by atoms with Crippen molar-refractivity contribution in [3.63, 3.8) is 0 Å². The van der Waals surface area contributed by atoms with Gasteiger partial charge in [-0.15, -0.1) is 0 Å². The van der Waals surface area contributed by atoms with Crippen LogP contribution < -0.4 is 15.1 Å². The van der Waals surface area contributed by atoms with E-state index in [1.807, 2.05) is 0 Å². The maximum atomic E-state index is 12.4. The zero-order valence-electron chi connectivity index (χ0n) is 12.9. The minimum Gasteiger partial charge on any atom is -0.496 e. The Morgan fingerprint density at radius 2 is 2.12 bits per heavy atom. The highest BCUT2D eigenvalue weighted by Crippen LogP contribution is 2.50. The summed E-state index contributed by atoms with van der Waals surface area (Å²) >= 11 is 0. The van der Waals surface area contributed by atoms with Gasteiger partial charge < -0.3 is 23.4 Å². The Morgan fingerprint density at radius 1 is 1.25 bits per heavy atom. The van der Waals surface area contributed by atoms with E-state index in [1.165, 1.54) is 7.11 Å². The first-order chi connectivity index (χ1) is 11.7. The highest BCUT2D eigenvalue weighted by molar-refractivity contribution is 6.01. The van der Waals surface area contributed by atoms with E-state index in [0.717, 1.165) is 12.0 Å². The van der Waals surface area contributed by atoms with Crippen LogP contribution in [0.2, 0.25) is 0 Å². The molecule has 0 unspecified atom stereocenters. The molecule has 7 nitrogen and oxygen atoms in total. The first-order valence-corrected chi connectivity index (χ1v) is 7.85. The lowest BCUT2D eigenvalue weighted by Gasteiger charge is -2.19. The second kappa shape index (κ2) is 4.73. The lowest BCUT2D eigenvalue weighted by atomic mass is 9.92. The van der Waals surface area contributed by atoms with E-state index in [4.69, 9.17) is 23.4 Å². The number of methoxy groups -OCH3 is 1. The van der Waals surface area contributed by atoms with Crippen LogP contribution in [0.3, 0.4) is 0 Å². The third-order valence-electron chi connectivity index (χ3n) is 4.91. The molecule has 1 fully saturated rings. The molecule has 0 spiro atoms. The van der Waals surface area contributed by atoms with Crippen molar-refractivity contribution in [2.24, 2.45) is 0 Å². The van der Waals surface area contributed by atoms with Gasteiger partial charge in [0.1, 0.15) is 22.6 Å². The fourth-order valence-corrected chi connectivity index (χ4v) is 3.88. The molecule has 7 heteroatoms. The molecule has 1 aromatic carbocycles. The van der Waals surface area contributed by atoms with Gasteiger partial charge in [-0.3, -0.25) is 0 Å². The number of carbonyl (C=O) groups is 1. The predicted molar refractivity (Wildman–Crippen MR) is 80.7 cm³/mol. The number of ether oxygens (including phenoxy) is 4. The van der Waals surface area contributed by atoms with E-state index in [0.29, 0.717) is 41.1 Å². The van der Waals surface area contributed by atoms with E-state index in [-0.39, 0.29) is 24.4 Å². The largest absolute Gasteiger partial charge is 0.496 e. The standard InChI is InChI=1S/C17H14O7/c1-20-9-6-10-12(8-3-5-22-17(8)23-10)14-11(9)7-2-4-21-15(18)13(7)16(19)24-14/h6,8,17H,2-5H2,1H3/t8-,17+/m1/s1. The van der Waals surface area contributed by atoms with E-state index >= 15 is 0 Å². The maximum absolute atomic E-state index is 12.4. The van der Waals surface area contributed by atoms with Gasteiger partial charge >= 0.3 is 11.6 Å². The van der Waals surface area contributed by atoms with Crippen LogP contribution in [-0.4, -0.2) is 32.6 Å². The first-order valence-electron chi connectivity index (χ1n) is 7.85. The normalized spacial score (nSPS) is 24.1. The number of benzene rings is 1. The summed E-state index contributed by atoms with van der Waals surface area (Å²) in [6.45, 7) is 0.833. The average Bonchev–Trinajstić information content (AvgIpc) is 3.14. The van der Waals surface area contributed by atoms with E-state index in [2.05, 4.69) is 0 Å². The van der Waals surface area contributed by atoms with Crippen molar-refractivity contribution in [2.75, 3.05) is 20.3 Å². The number of cyclic esters (lactones) is 1. The van der Waals surface area contributed by atoms with Gasteiger partial charge in [0, 0.05) is 18.1 Å². The van der Waals surface area contributed by atoms with E-state index in [9.17, 15) is 9.59 Å². The number of fused-ring (bicyclic) bond motifs is 7. The van der Waals surface area contributed by atoms with Crippen molar-refractivity contribution < 1.29 is 28.2 Å². The summed E-state index contributed by atoms with van der Waals surface area (Å²) in [5.74, 6) is 0.492. The number of carbonyl (C=O) groups excluding carboxylic acids is 1. The minimum absolute atomic E-state index is 0.0187. The van der Waals surface area contributed by atoms with Crippen LogP contribution in [0.1, 0.15) is 33.8 Å². The smallest absolute Gasteiger partial charge is 0.351 e. The molecule has 0 amide bonds. The van der Waals surface area contributed by atoms with Crippen LogP contribution in [0.25, 0.3) is 11.0 Å². The molecular formula is C17H14O7. The minimum atomic E-state index is -0.681. The fourth-order valence-electron chi connectivity index (χ4n) is 3.88. The second-order valence-electron chi connectivity index (χ2n) is 6.08. The number of hydrogen-bond donors (Lipinski definition) is 0. The molecule has 1 saturated heterocycles. The summed E-state index contributed by atoms with van der Waals surface area (Å²) in [7, 11) is 1.53. The maximum Gasteiger partial charge on any atom is 0.351 e. The zero-order valence-corrected chi connectivity index (χ0v) is 12.9. The van der Waals surface area contributed by atoms with Crippen molar-refractivity contribution in [1.82, 2.24) is 0 Å². The second-order valence-corrected chi connectivity index (χ2v) is 6.08. The molecule has 0 saturated carbocycles. The molecule has 0 radical (unpaired) electrons. The molecule has 124 valence electrons. The highest BCUT2D eigenvalue weighted by atomic mass is 16.7. The Hall–Kier alpha value is -2.54. The number of rotatable bonds is 1. The van der Waals surface area contributed by atoms with E-state index in [1.54, 1.807) is 6.07 Å². The van der Waals surface area contributed by atoms with Crippen molar-refractivity contribution in [1.29, 1.82) is 0 Å². The van der Waals surface area contributed by atoms with Crippen LogP contribution in [0, 0.1) is 0 Å². The molecule has 24 heavy (non-hydrogen) atoms. The molecule has 2 atom stereocenters. The van der Waals surface area contributed by atoms with Gasteiger partial charge in [0.15, 0.2) is 0 Å². The van der Waals surface area contributed by atoms with Crippen LogP contribution in [0.4, 0.5) is 0 Å². The van der Waals surface area contributed by atoms with Crippen molar-refractivity contribution >= 4 is 16.9 Å². The molecule has 1 aromatic heterocycles. The molecule has 3 aliphatic rings. The van der Waals surface area contributed by atoms with Gasteiger partial charge in [-0.05, 0) is 12.0 Å². The molecular weight excluding hydrogens is 316 g/mol. The summed E-state index contributed by atoms with van der Waals surface area (Å²) < 4.78 is 27.4. The monoisotopic (exact) mass is 330 g/mol. The summed E-state index contributed by atoms with van der Waals surface area (Å²) in [6.07, 6.45) is 0.882. The van der Waals surface area contributed by atoms with Crippen molar-refractivity contribution in [3.05, 3.63) is 33.2 Å². The summed E-state index contributed by atoms with van der Waals surface area (Å²) in [5.41, 5.74) is 1.16. The first kappa shape index (κ1) is 13.9. The Bertz CT molecular complexity index is 942. The van der Waals surface area contributed by atoms with Gasteiger partial charge in [0.05, 0.1) is 31.6 Å². The van der Waals surface area contributed by atoms with Crippen LogP contribution in [0.15, 0.2) is 15.3 Å². The van der Waals surface area contributed by atoms with Gasteiger partial charge in [0.25, 0.3) is 0 Å². The molecule has 0 N–H and O–H groups in total. The van der Waals surface area contributed by atoms with Crippen molar-refractivity contribution in [2.45, 2.75) is 25.0 Å². The lowest BCUT2D eigenvalue weighted by molar-refractivity contribution is -0.0337. The molecule has 0 bridgehead atoms. The number of hydrogen-bond acceptors (Lipinski definition) is 7. The quantitative estimate of drug-likeness (QED) is 0.581. The van der Waals surface area contributed by atoms with Crippen LogP contribution >= 0.6 is 0 Å². The third kappa shape index (κ3) is 1.65. The van der Waals surface area contributed by atoms with Crippen LogP contribution in [-0.2, 0) is 15.9 Å². The third-order valence-corrected chi connectivity index (χ3v) is 4.91. The Morgan fingerprint density at radius 3 is 2.96 bits per heavy atom. The topological polar surface area (TPSA) is 84.2 Å². The summed E-state index contributed by atoms with van der Waals surface area (Å²) in [4.78, 5) is 24.4. The summed E-state index contributed by atoms with van der Waals surface area (Å²) in [6, 6.07) is 1.78. The fraction of sp³-hybridized carbons (Fsp3) is 0.412. The van der Waals surface area contributed by atoms with Gasteiger partial charge in [0.2, 0.25) is 6.29 Å². The van der Waals surface area contributed by atoms with Gasteiger partial charge in [-0.2, -0.15) is 0 Å². The predicted octanol–water partition coefficient (Wildman–Crippen LogP) is 1.74. The molecule has 2 aromatic rings. The Labute approximate surface area is 136 Å². The van der Waals surface area contributed by atoms with Gasteiger partial charge in [-0.1, -0.05) is 0 Å². The summed E-state index contributed by atoms with van der Waals surface area (Å²) in [5, 5.41) is 0.652. The number of esters is 1. The molecule has 0 aliphatic carbocycles. The molecule has 5 rings (SSSR count). The molecule has 4 heterocycles. The Balaban J connectivity index is 1.91. The van der Waals surface area contributed by atoms with Crippen molar-refractivity contribution in [3.8, 4) is 11.5 Å². The Kier molecular flexibility index (Phi) is 2.73. The van der Waals surface area contributed by atoms with Gasteiger partial charge in [-0.25, -0.2) is 9.59 Å². The van der Waals surface area contributed by atoms with Crippen LogP contribution in [0.5, 0.6) is 11.5 Å². The lowest BCUT2D eigenvalue weighted by Crippen LogP contribution is -2.26. The zero-order chi connectivity index (χ0) is 16.4. The van der Waals surface area contributed by atoms with E-state index < -0.39 is 11.6 Å². The highest BCUT2D eigenvalue weighted by Gasteiger charge is 2.43. The average molecular weight is 330 g/mol. The molecule has 3 aliphatic heterocycles.